The summed E-state index contributed by atoms with van der Waals surface area (Å²) >= 11 is 6.86. The predicted molar refractivity (Wildman–Crippen MR) is 161 cm³/mol. The summed E-state index contributed by atoms with van der Waals surface area (Å²) in [6, 6.07) is 12.5. The molecule has 2 aromatic rings. The van der Waals surface area contributed by atoms with Crippen LogP contribution in [0.3, 0.4) is 0 Å². The van der Waals surface area contributed by atoms with Gasteiger partial charge < -0.3 is 9.80 Å². The number of para-hydroxylation sites is 1. The van der Waals surface area contributed by atoms with Gasteiger partial charge in [0.2, 0.25) is 0 Å². The molecule has 4 rings (SSSR count). The van der Waals surface area contributed by atoms with Crippen molar-refractivity contribution in [2.75, 3.05) is 36.0 Å². The SMILES string of the molecule is CCCCn1c(N2CCN(c3ccccc3)CC2)c(C=C2SC(=S)N(C(C)CC)C2=O)c(C)c(C#N)c1=O. The van der Waals surface area contributed by atoms with Gasteiger partial charge in [0.1, 0.15) is 21.8 Å². The van der Waals surface area contributed by atoms with E-state index in [1.807, 2.05) is 45.0 Å². The number of carbonyl (C=O) groups excluding carboxylic acids is 1. The first kappa shape index (κ1) is 27.9. The number of benzene rings is 1. The van der Waals surface area contributed by atoms with Crippen molar-refractivity contribution in [1.29, 1.82) is 5.26 Å². The molecule has 0 saturated carbocycles. The van der Waals surface area contributed by atoms with Gasteiger partial charge in [0.05, 0.1) is 4.91 Å². The van der Waals surface area contributed by atoms with E-state index in [2.05, 4.69) is 34.9 Å². The fraction of sp³-hybridized carbons (Fsp3) is 0.448. The molecular weight excluding hydrogens is 514 g/mol. The summed E-state index contributed by atoms with van der Waals surface area (Å²) in [5, 5.41) is 9.93. The highest BCUT2D eigenvalue weighted by molar-refractivity contribution is 8.26. The standard InChI is InChI=1S/C29H35N5O2S2/c1-5-7-13-33-26(32-16-14-31(15-17-32)22-11-9-8-10-12-22)23(21(4)24(19-30)27(33)35)18-25-28(36)34(20(3)6-2)29(37)38-25/h8-12,18,20H,5-7,13-17H2,1-4H3. The van der Waals surface area contributed by atoms with Crippen LogP contribution >= 0.6 is 24.0 Å². The molecule has 200 valence electrons. The van der Waals surface area contributed by atoms with Crippen LogP contribution < -0.4 is 15.4 Å². The average molecular weight is 550 g/mol. The van der Waals surface area contributed by atoms with Gasteiger partial charge in [-0.15, -0.1) is 0 Å². The second kappa shape index (κ2) is 12.2. The minimum atomic E-state index is -0.261. The van der Waals surface area contributed by atoms with Crippen molar-refractivity contribution >= 4 is 51.8 Å². The fourth-order valence-electron chi connectivity index (χ4n) is 5.00. The molecular formula is C29H35N5O2S2. The second-order valence-corrected chi connectivity index (χ2v) is 11.5. The number of pyridine rings is 1. The smallest absolute Gasteiger partial charge is 0.270 e. The molecule has 1 atom stereocenters. The van der Waals surface area contributed by atoms with Gasteiger partial charge >= 0.3 is 0 Å². The summed E-state index contributed by atoms with van der Waals surface area (Å²) in [6.07, 6.45) is 4.40. The van der Waals surface area contributed by atoms with Crippen LogP contribution in [0, 0.1) is 18.3 Å². The molecule has 0 bridgehead atoms. The number of carbonyl (C=O) groups is 1. The Hall–Kier alpha value is -3.09. The minimum Gasteiger partial charge on any atom is -0.368 e. The van der Waals surface area contributed by atoms with Crippen LogP contribution in [0.15, 0.2) is 40.0 Å². The number of unbranched alkanes of at least 4 members (excludes halogenated alkanes) is 1. The first-order chi connectivity index (χ1) is 18.3. The van der Waals surface area contributed by atoms with Crippen molar-refractivity contribution in [2.24, 2.45) is 0 Å². The van der Waals surface area contributed by atoms with Crippen LogP contribution in [0.5, 0.6) is 0 Å². The molecule has 1 amide bonds. The number of thiocarbonyl (C=S) groups is 1. The first-order valence-electron chi connectivity index (χ1n) is 13.3. The molecule has 7 nitrogen and oxygen atoms in total. The average Bonchev–Trinajstić information content (AvgIpc) is 3.22. The molecule has 1 aromatic carbocycles. The summed E-state index contributed by atoms with van der Waals surface area (Å²) in [5.41, 5.74) is 2.43. The fourth-order valence-corrected chi connectivity index (χ4v) is 6.44. The van der Waals surface area contributed by atoms with Crippen LogP contribution in [0.1, 0.15) is 56.7 Å². The van der Waals surface area contributed by atoms with E-state index in [1.165, 1.54) is 17.4 Å². The number of nitrogens with zero attached hydrogens (tertiary/aromatic N) is 5. The van der Waals surface area contributed by atoms with Crippen molar-refractivity contribution in [2.45, 2.75) is 59.5 Å². The Kier molecular flexibility index (Phi) is 8.95. The molecule has 0 N–H and O–H groups in total. The summed E-state index contributed by atoms with van der Waals surface area (Å²) in [6.45, 7) is 11.5. The predicted octanol–water partition coefficient (Wildman–Crippen LogP) is 5.15. The molecule has 0 aliphatic carbocycles. The number of piperazine rings is 1. The quantitative estimate of drug-likeness (QED) is 0.333. The molecule has 2 saturated heterocycles. The lowest BCUT2D eigenvalue weighted by Crippen LogP contribution is -2.48. The Morgan fingerprint density at radius 2 is 1.76 bits per heavy atom. The van der Waals surface area contributed by atoms with Gasteiger partial charge in [0.25, 0.3) is 11.5 Å². The zero-order valence-electron chi connectivity index (χ0n) is 22.6. The summed E-state index contributed by atoms with van der Waals surface area (Å²) < 4.78 is 2.31. The van der Waals surface area contributed by atoms with Crippen LogP contribution in [0.4, 0.5) is 11.5 Å². The number of hydrogen-bond acceptors (Lipinski definition) is 7. The van der Waals surface area contributed by atoms with Crippen molar-refractivity contribution in [3.63, 3.8) is 0 Å². The Balaban J connectivity index is 1.81. The minimum absolute atomic E-state index is 0.00760. The third-order valence-electron chi connectivity index (χ3n) is 7.41. The molecule has 3 heterocycles. The van der Waals surface area contributed by atoms with Gasteiger partial charge in [-0.05, 0) is 50.5 Å². The number of anilines is 2. The van der Waals surface area contributed by atoms with Gasteiger partial charge in [-0.2, -0.15) is 5.26 Å². The molecule has 0 radical (unpaired) electrons. The van der Waals surface area contributed by atoms with E-state index in [-0.39, 0.29) is 23.1 Å². The monoisotopic (exact) mass is 549 g/mol. The maximum absolute atomic E-state index is 13.5. The zero-order valence-corrected chi connectivity index (χ0v) is 24.2. The highest BCUT2D eigenvalue weighted by Gasteiger charge is 2.36. The number of rotatable bonds is 8. The normalized spacial score (nSPS) is 17.9. The number of aromatic nitrogens is 1. The lowest BCUT2D eigenvalue weighted by Gasteiger charge is -2.39. The van der Waals surface area contributed by atoms with E-state index in [4.69, 9.17) is 12.2 Å². The van der Waals surface area contributed by atoms with E-state index in [9.17, 15) is 14.9 Å². The summed E-state index contributed by atoms with van der Waals surface area (Å²) in [5.74, 6) is 0.680. The number of nitriles is 1. The second-order valence-electron chi connectivity index (χ2n) is 9.78. The van der Waals surface area contributed by atoms with Crippen LogP contribution in [0.25, 0.3) is 6.08 Å². The van der Waals surface area contributed by atoms with E-state index >= 15 is 0 Å². The van der Waals surface area contributed by atoms with E-state index < -0.39 is 0 Å². The van der Waals surface area contributed by atoms with Crippen molar-refractivity contribution in [3.05, 3.63) is 62.3 Å². The zero-order chi connectivity index (χ0) is 27.4. The summed E-state index contributed by atoms with van der Waals surface area (Å²) in [7, 11) is 0. The third kappa shape index (κ3) is 5.38. The lowest BCUT2D eigenvalue weighted by atomic mass is 10.0. The summed E-state index contributed by atoms with van der Waals surface area (Å²) in [4.78, 5) is 33.7. The lowest BCUT2D eigenvalue weighted by molar-refractivity contribution is -0.123. The topological polar surface area (TPSA) is 72.6 Å². The van der Waals surface area contributed by atoms with Gasteiger partial charge in [-0.25, -0.2) is 0 Å². The van der Waals surface area contributed by atoms with Crippen LogP contribution in [-0.4, -0.2) is 51.9 Å². The number of hydrogen-bond donors (Lipinski definition) is 0. The molecule has 2 aliphatic heterocycles. The highest BCUT2D eigenvalue weighted by atomic mass is 32.2. The van der Waals surface area contributed by atoms with Gasteiger partial charge in [0.15, 0.2) is 0 Å². The maximum Gasteiger partial charge on any atom is 0.270 e. The largest absolute Gasteiger partial charge is 0.368 e. The molecule has 0 spiro atoms. The molecule has 9 heteroatoms. The van der Waals surface area contributed by atoms with Crippen LogP contribution in [0.2, 0.25) is 0 Å². The number of amides is 1. The Morgan fingerprint density at radius 1 is 1.11 bits per heavy atom. The number of thioether (sulfide) groups is 1. The van der Waals surface area contributed by atoms with Crippen molar-refractivity contribution in [3.8, 4) is 6.07 Å². The van der Waals surface area contributed by atoms with Crippen molar-refractivity contribution in [1.82, 2.24) is 9.47 Å². The molecule has 1 aromatic heterocycles. The third-order valence-corrected chi connectivity index (χ3v) is 8.74. The van der Waals surface area contributed by atoms with Gasteiger partial charge in [-0.1, -0.05) is 62.4 Å². The van der Waals surface area contributed by atoms with Gasteiger partial charge in [-0.3, -0.25) is 19.1 Å². The Bertz CT molecular complexity index is 1340. The molecule has 2 aliphatic rings. The van der Waals surface area contributed by atoms with E-state index in [0.29, 0.717) is 21.3 Å². The van der Waals surface area contributed by atoms with E-state index in [0.717, 1.165) is 56.8 Å². The highest BCUT2D eigenvalue weighted by Crippen LogP contribution is 2.37. The van der Waals surface area contributed by atoms with Crippen molar-refractivity contribution < 1.29 is 4.79 Å². The molecule has 1 unspecified atom stereocenters. The first-order valence-corrected chi connectivity index (χ1v) is 14.5. The molecule has 2 fully saturated rings. The Labute approximate surface area is 234 Å². The van der Waals surface area contributed by atoms with Gasteiger partial charge in [0, 0.05) is 50.0 Å². The van der Waals surface area contributed by atoms with E-state index in [1.54, 1.807) is 9.47 Å². The Morgan fingerprint density at radius 3 is 2.37 bits per heavy atom. The molecule has 38 heavy (non-hydrogen) atoms. The maximum atomic E-state index is 13.5. The van der Waals surface area contributed by atoms with Crippen LogP contribution in [-0.2, 0) is 11.3 Å².